The number of rotatable bonds is 3. The zero-order chi connectivity index (χ0) is 25.5. The van der Waals surface area contributed by atoms with Crippen molar-refractivity contribution in [2.75, 3.05) is 0 Å². The molecule has 0 atom stereocenters. The Kier molecular flexibility index (Phi) is 7.53. The van der Waals surface area contributed by atoms with Gasteiger partial charge in [-0.25, -0.2) is 0 Å². The summed E-state index contributed by atoms with van der Waals surface area (Å²) in [6.45, 7) is 1.74. The SMILES string of the molecule is Cc1cnc(-c2[c-]cccc2)cc1-c1ccccn1.[2H]C([2H])([2H])c1cnc(-c2[c-]cccc2)cc1C.[Ir]. The van der Waals surface area contributed by atoms with E-state index < -0.39 is 6.85 Å². The van der Waals surface area contributed by atoms with Crippen LogP contribution in [0.15, 0.2) is 97.5 Å². The topological polar surface area (TPSA) is 38.7 Å². The summed E-state index contributed by atoms with van der Waals surface area (Å²) in [7, 11) is 0. The maximum atomic E-state index is 7.37. The number of aromatic nitrogens is 3. The molecule has 2 aromatic carbocycles. The van der Waals surface area contributed by atoms with Crippen LogP contribution in [0.1, 0.15) is 20.8 Å². The van der Waals surface area contributed by atoms with Crippen molar-refractivity contribution in [3.63, 3.8) is 0 Å². The van der Waals surface area contributed by atoms with Gasteiger partial charge in [-0.2, -0.15) is 0 Å². The minimum absolute atomic E-state index is 0. The molecule has 0 aliphatic heterocycles. The summed E-state index contributed by atoms with van der Waals surface area (Å²) in [5.41, 5.74) is 7.78. The molecule has 0 amide bonds. The number of aryl methyl sites for hydroxylation is 3. The second-order valence-corrected chi connectivity index (χ2v) is 7.54. The van der Waals surface area contributed by atoms with Crippen molar-refractivity contribution in [2.24, 2.45) is 0 Å². The molecular formula is C30H25IrN3-2. The van der Waals surface area contributed by atoms with Crippen LogP contribution in [0.25, 0.3) is 33.8 Å². The molecule has 171 valence electrons. The Morgan fingerprint density at radius 3 is 1.79 bits per heavy atom. The first-order valence-electron chi connectivity index (χ1n) is 12.1. The molecule has 0 saturated carbocycles. The predicted octanol–water partition coefficient (Wildman–Crippen LogP) is 7.08. The number of hydrogen-bond acceptors (Lipinski definition) is 3. The van der Waals surface area contributed by atoms with E-state index in [1.807, 2.05) is 79.1 Å². The summed E-state index contributed by atoms with van der Waals surface area (Å²) in [4.78, 5) is 13.1. The third-order valence-corrected chi connectivity index (χ3v) is 5.12. The summed E-state index contributed by atoms with van der Waals surface area (Å²) in [6, 6.07) is 31.4. The van der Waals surface area contributed by atoms with Gasteiger partial charge in [0.05, 0.1) is 5.69 Å². The third kappa shape index (κ3) is 6.32. The molecule has 0 aliphatic rings. The van der Waals surface area contributed by atoms with Crippen LogP contribution in [-0.2, 0) is 20.1 Å². The van der Waals surface area contributed by atoms with E-state index in [-0.39, 0.29) is 20.1 Å². The van der Waals surface area contributed by atoms with E-state index in [9.17, 15) is 0 Å². The molecule has 0 N–H and O–H groups in total. The predicted molar refractivity (Wildman–Crippen MR) is 134 cm³/mol. The van der Waals surface area contributed by atoms with Gasteiger partial charge in [0, 0.05) is 42.8 Å². The molecule has 3 heterocycles. The smallest absolute Gasteiger partial charge is 0.0697 e. The van der Waals surface area contributed by atoms with Gasteiger partial charge >= 0.3 is 0 Å². The second kappa shape index (κ2) is 12.1. The third-order valence-electron chi connectivity index (χ3n) is 5.12. The van der Waals surface area contributed by atoms with Gasteiger partial charge in [0.2, 0.25) is 0 Å². The normalized spacial score (nSPS) is 11.6. The Labute approximate surface area is 219 Å². The van der Waals surface area contributed by atoms with Crippen LogP contribution in [0, 0.1) is 32.8 Å². The van der Waals surface area contributed by atoms with E-state index in [1.54, 1.807) is 13.0 Å². The van der Waals surface area contributed by atoms with Crippen molar-refractivity contribution in [3.05, 3.63) is 126 Å². The molecule has 1 radical (unpaired) electrons. The van der Waals surface area contributed by atoms with Gasteiger partial charge in [-0.15, -0.1) is 71.8 Å². The van der Waals surface area contributed by atoms with Crippen LogP contribution >= 0.6 is 0 Å². The first-order chi connectivity index (χ1) is 17.3. The number of nitrogens with zero attached hydrogens (tertiary/aromatic N) is 3. The molecule has 4 heteroatoms. The molecule has 3 aromatic heterocycles. The monoisotopic (exact) mass is 623 g/mol. The standard InChI is InChI=1S/C17H13N2.C13H12N.Ir/c1-13-12-19-17(14-7-3-2-4-8-14)11-15(13)16-9-5-6-10-18-16;1-10-8-13(14-9-11(10)2)12-6-4-3-5-7-12;/h2-7,9-12H,1H3;3-6,8-9H,1-2H3;/q2*-1;/i;2D3;. The van der Waals surface area contributed by atoms with Crippen molar-refractivity contribution in [3.8, 4) is 33.8 Å². The molecule has 0 bridgehead atoms. The average molecular weight is 623 g/mol. The van der Waals surface area contributed by atoms with Gasteiger partial charge < -0.3 is 9.97 Å². The average Bonchev–Trinajstić information content (AvgIpc) is 2.90. The Morgan fingerprint density at radius 2 is 1.26 bits per heavy atom. The fraction of sp³-hybridized carbons (Fsp3) is 0.100. The van der Waals surface area contributed by atoms with Crippen LogP contribution in [0.4, 0.5) is 0 Å². The maximum Gasteiger partial charge on any atom is 0.0697 e. The number of hydrogen-bond donors (Lipinski definition) is 0. The van der Waals surface area contributed by atoms with Crippen LogP contribution in [0.3, 0.4) is 0 Å². The van der Waals surface area contributed by atoms with Gasteiger partial charge in [0.15, 0.2) is 0 Å². The van der Waals surface area contributed by atoms with Crippen LogP contribution in [-0.4, -0.2) is 15.0 Å². The maximum absolute atomic E-state index is 7.37. The quantitative estimate of drug-likeness (QED) is 0.202. The van der Waals surface area contributed by atoms with Crippen molar-refractivity contribution in [1.82, 2.24) is 15.0 Å². The first-order valence-corrected chi connectivity index (χ1v) is 10.6. The van der Waals surface area contributed by atoms with Gasteiger partial charge in [0.25, 0.3) is 0 Å². The van der Waals surface area contributed by atoms with Crippen LogP contribution in [0.5, 0.6) is 0 Å². The van der Waals surface area contributed by atoms with Crippen molar-refractivity contribution < 1.29 is 24.2 Å². The molecule has 5 rings (SSSR count). The zero-order valence-corrected chi connectivity index (χ0v) is 21.3. The molecule has 34 heavy (non-hydrogen) atoms. The Morgan fingerprint density at radius 1 is 0.647 bits per heavy atom. The zero-order valence-electron chi connectivity index (χ0n) is 21.9. The fourth-order valence-corrected chi connectivity index (χ4v) is 3.28. The molecule has 0 saturated heterocycles. The summed E-state index contributed by atoms with van der Waals surface area (Å²) >= 11 is 0. The molecular weight excluding hydrogens is 595 g/mol. The van der Waals surface area contributed by atoms with Crippen molar-refractivity contribution in [1.29, 1.82) is 0 Å². The second-order valence-electron chi connectivity index (χ2n) is 7.54. The number of pyridine rings is 3. The van der Waals surface area contributed by atoms with Crippen LogP contribution < -0.4 is 0 Å². The minimum atomic E-state index is -2.10. The first kappa shape index (κ1) is 21.1. The molecule has 0 aliphatic carbocycles. The minimum Gasteiger partial charge on any atom is -0.304 e. The van der Waals surface area contributed by atoms with E-state index in [2.05, 4.69) is 40.1 Å². The molecule has 0 spiro atoms. The van der Waals surface area contributed by atoms with Crippen molar-refractivity contribution >= 4 is 0 Å². The summed E-state index contributed by atoms with van der Waals surface area (Å²) in [5, 5.41) is 0. The largest absolute Gasteiger partial charge is 0.304 e. The fourth-order valence-electron chi connectivity index (χ4n) is 3.28. The summed E-state index contributed by atoms with van der Waals surface area (Å²) < 4.78 is 22.1. The Balaban J connectivity index is 0.000000201. The van der Waals surface area contributed by atoms with E-state index in [1.165, 1.54) is 6.20 Å². The van der Waals surface area contributed by atoms with Gasteiger partial charge in [-0.1, -0.05) is 23.8 Å². The summed E-state index contributed by atoms with van der Waals surface area (Å²) in [5.74, 6) is 0. The van der Waals surface area contributed by atoms with Gasteiger partial charge in [-0.3, -0.25) is 4.98 Å². The van der Waals surface area contributed by atoms with Gasteiger partial charge in [0.1, 0.15) is 0 Å². The molecule has 0 unspecified atom stereocenters. The van der Waals surface area contributed by atoms with Gasteiger partial charge in [-0.05, 0) is 60.9 Å². The number of benzene rings is 2. The van der Waals surface area contributed by atoms with Crippen LogP contribution in [0.2, 0.25) is 0 Å². The van der Waals surface area contributed by atoms with E-state index in [0.29, 0.717) is 5.56 Å². The van der Waals surface area contributed by atoms with Crippen molar-refractivity contribution in [2.45, 2.75) is 20.7 Å². The van der Waals surface area contributed by atoms with E-state index in [4.69, 9.17) is 4.11 Å². The van der Waals surface area contributed by atoms with E-state index >= 15 is 0 Å². The molecule has 5 aromatic rings. The molecule has 0 fully saturated rings. The Bertz CT molecular complexity index is 1430. The molecule has 3 nitrogen and oxygen atoms in total. The Hall–Kier alpha value is -3.46. The summed E-state index contributed by atoms with van der Waals surface area (Å²) in [6.07, 6.45) is 5.13. The van der Waals surface area contributed by atoms with E-state index in [0.717, 1.165) is 44.9 Å².